The van der Waals surface area contributed by atoms with E-state index in [9.17, 15) is 0 Å². The van der Waals surface area contributed by atoms with Gasteiger partial charge in [0.25, 0.3) is 0 Å². The van der Waals surface area contributed by atoms with Crippen LogP contribution in [0.4, 0.5) is 5.82 Å². The number of aromatic nitrogens is 2. The van der Waals surface area contributed by atoms with Crippen molar-refractivity contribution in [3.63, 3.8) is 0 Å². The fourth-order valence-corrected chi connectivity index (χ4v) is 2.72. The molecular formula is C15H26BrN3O. The van der Waals surface area contributed by atoms with Gasteiger partial charge in [0.2, 0.25) is 0 Å². The van der Waals surface area contributed by atoms with E-state index in [0.717, 1.165) is 41.2 Å². The summed E-state index contributed by atoms with van der Waals surface area (Å²) in [5, 5.41) is 3.37. The van der Waals surface area contributed by atoms with Crippen LogP contribution in [0.1, 0.15) is 71.0 Å². The summed E-state index contributed by atoms with van der Waals surface area (Å²) in [4.78, 5) is 9.36. The minimum absolute atomic E-state index is 0.0345. The minimum atomic E-state index is -0.0345. The molecule has 4 nitrogen and oxygen atoms in total. The van der Waals surface area contributed by atoms with Crippen LogP contribution in [0, 0.1) is 0 Å². The summed E-state index contributed by atoms with van der Waals surface area (Å²) in [5.41, 5.74) is 1.03. The lowest BCUT2D eigenvalue weighted by Crippen LogP contribution is -2.14. The molecule has 1 N–H and O–H groups in total. The summed E-state index contributed by atoms with van der Waals surface area (Å²) in [6.07, 6.45) is 1.90. The van der Waals surface area contributed by atoms with E-state index in [0.29, 0.717) is 12.5 Å². The van der Waals surface area contributed by atoms with E-state index in [1.165, 1.54) is 0 Å². The van der Waals surface area contributed by atoms with Gasteiger partial charge in [0, 0.05) is 13.2 Å². The first-order valence-electron chi connectivity index (χ1n) is 7.47. The molecule has 1 heterocycles. The second-order valence-corrected chi connectivity index (χ2v) is 5.86. The summed E-state index contributed by atoms with van der Waals surface area (Å²) in [6.45, 7) is 12.1. The number of rotatable bonds is 8. The number of hydrogen-bond acceptors (Lipinski definition) is 4. The van der Waals surface area contributed by atoms with Crippen molar-refractivity contribution in [3.8, 4) is 0 Å². The highest BCUT2D eigenvalue weighted by Crippen LogP contribution is 2.31. The molecule has 0 bridgehead atoms. The average molecular weight is 344 g/mol. The van der Waals surface area contributed by atoms with Gasteiger partial charge in [0.15, 0.2) is 5.82 Å². The maximum atomic E-state index is 5.74. The number of hydrogen-bond donors (Lipinski definition) is 1. The molecule has 114 valence electrons. The Morgan fingerprint density at radius 1 is 1.20 bits per heavy atom. The van der Waals surface area contributed by atoms with Crippen LogP contribution in [-0.4, -0.2) is 23.1 Å². The van der Waals surface area contributed by atoms with Gasteiger partial charge in [-0.3, -0.25) is 0 Å². The summed E-state index contributed by atoms with van der Waals surface area (Å²) in [7, 11) is 0. The van der Waals surface area contributed by atoms with Crippen LogP contribution in [0.2, 0.25) is 0 Å². The fraction of sp³-hybridized carbons (Fsp3) is 0.733. The molecule has 1 unspecified atom stereocenters. The molecule has 1 atom stereocenters. The van der Waals surface area contributed by atoms with Crippen LogP contribution >= 0.6 is 15.9 Å². The van der Waals surface area contributed by atoms with Gasteiger partial charge in [-0.25, -0.2) is 9.97 Å². The van der Waals surface area contributed by atoms with Gasteiger partial charge >= 0.3 is 0 Å². The molecule has 1 aromatic heterocycles. The zero-order valence-electron chi connectivity index (χ0n) is 13.2. The molecule has 0 fully saturated rings. The van der Waals surface area contributed by atoms with Crippen molar-refractivity contribution in [1.82, 2.24) is 9.97 Å². The number of anilines is 1. The van der Waals surface area contributed by atoms with Crippen LogP contribution in [0.15, 0.2) is 4.47 Å². The third-order valence-electron chi connectivity index (χ3n) is 3.01. The lowest BCUT2D eigenvalue weighted by atomic mass is 10.1. The quantitative estimate of drug-likeness (QED) is 0.744. The van der Waals surface area contributed by atoms with Crippen molar-refractivity contribution >= 4 is 21.7 Å². The Bertz CT molecular complexity index is 424. The zero-order chi connectivity index (χ0) is 15.1. The van der Waals surface area contributed by atoms with Crippen molar-refractivity contribution in [3.05, 3.63) is 16.0 Å². The molecule has 0 aliphatic heterocycles. The molecule has 0 saturated carbocycles. The van der Waals surface area contributed by atoms with Gasteiger partial charge in [-0.1, -0.05) is 27.7 Å². The zero-order valence-corrected chi connectivity index (χ0v) is 14.7. The van der Waals surface area contributed by atoms with E-state index in [2.05, 4.69) is 53.9 Å². The Labute approximate surface area is 130 Å². The van der Waals surface area contributed by atoms with Gasteiger partial charge in [-0.05, 0) is 41.6 Å². The highest BCUT2D eigenvalue weighted by Gasteiger charge is 2.19. The second kappa shape index (κ2) is 8.57. The van der Waals surface area contributed by atoms with Gasteiger partial charge in [-0.2, -0.15) is 0 Å². The summed E-state index contributed by atoms with van der Waals surface area (Å²) < 4.78 is 6.71. The van der Waals surface area contributed by atoms with Crippen molar-refractivity contribution in [2.24, 2.45) is 0 Å². The third kappa shape index (κ3) is 4.42. The Kier molecular flexibility index (Phi) is 7.45. The van der Waals surface area contributed by atoms with E-state index < -0.39 is 0 Å². The molecule has 0 amide bonds. The lowest BCUT2D eigenvalue weighted by Gasteiger charge is -2.19. The number of nitrogens with zero attached hydrogens (tertiary/aromatic N) is 2. The SMILES string of the molecule is CCCNc1nc(C(CC)OCC)nc(C(C)C)c1Br. The molecule has 0 saturated heterocycles. The van der Waals surface area contributed by atoms with E-state index in [1.54, 1.807) is 0 Å². The number of halogens is 1. The molecule has 0 aliphatic rings. The monoisotopic (exact) mass is 343 g/mol. The van der Waals surface area contributed by atoms with Crippen LogP contribution in [0.5, 0.6) is 0 Å². The van der Waals surface area contributed by atoms with Gasteiger partial charge < -0.3 is 10.1 Å². The summed E-state index contributed by atoms with van der Waals surface area (Å²) in [5.74, 6) is 1.99. The Balaban J connectivity index is 3.20. The maximum absolute atomic E-state index is 5.74. The number of ether oxygens (including phenoxy) is 1. The Hall–Kier alpha value is -0.680. The van der Waals surface area contributed by atoms with Crippen LogP contribution in [0.3, 0.4) is 0 Å². The first-order chi connectivity index (χ1) is 9.54. The van der Waals surface area contributed by atoms with Gasteiger partial charge in [0.1, 0.15) is 11.9 Å². The topological polar surface area (TPSA) is 47.0 Å². The van der Waals surface area contributed by atoms with Gasteiger partial charge in [0.05, 0.1) is 10.2 Å². The number of nitrogens with one attached hydrogen (secondary N) is 1. The first-order valence-corrected chi connectivity index (χ1v) is 8.27. The van der Waals surface area contributed by atoms with Crippen LogP contribution in [0.25, 0.3) is 0 Å². The Morgan fingerprint density at radius 2 is 1.90 bits per heavy atom. The molecule has 5 heteroatoms. The second-order valence-electron chi connectivity index (χ2n) is 5.06. The minimum Gasteiger partial charge on any atom is -0.371 e. The summed E-state index contributed by atoms with van der Waals surface area (Å²) >= 11 is 3.63. The predicted molar refractivity (Wildman–Crippen MR) is 87.3 cm³/mol. The van der Waals surface area contributed by atoms with Crippen molar-refractivity contribution in [1.29, 1.82) is 0 Å². The molecule has 1 rings (SSSR count). The van der Waals surface area contributed by atoms with Gasteiger partial charge in [-0.15, -0.1) is 0 Å². The highest BCUT2D eigenvalue weighted by molar-refractivity contribution is 9.10. The molecule has 0 radical (unpaired) electrons. The average Bonchev–Trinajstić information content (AvgIpc) is 2.43. The maximum Gasteiger partial charge on any atom is 0.159 e. The first kappa shape index (κ1) is 17.4. The van der Waals surface area contributed by atoms with Crippen molar-refractivity contribution in [2.45, 2.75) is 59.5 Å². The van der Waals surface area contributed by atoms with E-state index >= 15 is 0 Å². The van der Waals surface area contributed by atoms with Crippen molar-refractivity contribution < 1.29 is 4.74 Å². The third-order valence-corrected chi connectivity index (χ3v) is 3.79. The molecule has 20 heavy (non-hydrogen) atoms. The standard InChI is InChI=1S/C15H26BrN3O/c1-6-9-17-15-12(16)13(10(4)5)18-14(19-15)11(7-2)20-8-3/h10-11H,6-9H2,1-5H3,(H,17,18,19). The normalized spacial score (nSPS) is 12.8. The molecule has 0 aliphatic carbocycles. The van der Waals surface area contributed by atoms with E-state index in [-0.39, 0.29) is 6.10 Å². The molecular weight excluding hydrogens is 318 g/mol. The van der Waals surface area contributed by atoms with Crippen molar-refractivity contribution in [2.75, 3.05) is 18.5 Å². The molecule has 1 aromatic rings. The fourth-order valence-electron chi connectivity index (χ4n) is 1.95. The van der Waals surface area contributed by atoms with E-state index in [1.807, 2.05) is 6.92 Å². The Morgan fingerprint density at radius 3 is 2.40 bits per heavy atom. The smallest absolute Gasteiger partial charge is 0.159 e. The lowest BCUT2D eigenvalue weighted by molar-refractivity contribution is 0.0533. The predicted octanol–water partition coefficient (Wildman–Crippen LogP) is 4.67. The van der Waals surface area contributed by atoms with Crippen LogP contribution in [-0.2, 0) is 4.74 Å². The van der Waals surface area contributed by atoms with Crippen LogP contribution < -0.4 is 5.32 Å². The highest BCUT2D eigenvalue weighted by atomic mass is 79.9. The summed E-state index contributed by atoms with van der Waals surface area (Å²) in [6, 6.07) is 0. The largest absolute Gasteiger partial charge is 0.371 e. The van der Waals surface area contributed by atoms with E-state index in [4.69, 9.17) is 9.72 Å². The molecule has 0 spiro atoms. The molecule has 0 aromatic carbocycles.